The van der Waals surface area contributed by atoms with Gasteiger partial charge in [-0.25, -0.2) is 23.5 Å². The summed E-state index contributed by atoms with van der Waals surface area (Å²) in [4.78, 5) is 8.46. The molecule has 1 aromatic heterocycles. The molecule has 0 spiro atoms. The van der Waals surface area contributed by atoms with E-state index in [4.69, 9.17) is 5.14 Å². The van der Waals surface area contributed by atoms with Crippen molar-refractivity contribution in [1.29, 1.82) is 0 Å². The highest BCUT2D eigenvalue weighted by molar-refractivity contribution is 7.88. The molecule has 3 rings (SSSR count). The Labute approximate surface area is 151 Å². The van der Waals surface area contributed by atoms with Gasteiger partial charge in [-0.05, 0) is 29.3 Å². The highest BCUT2D eigenvalue weighted by atomic mass is 32.2. The van der Waals surface area contributed by atoms with Crippen LogP contribution in [-0.4, -0.2) is 23.5 Å². The molecular formula is C18H18N4O3S. The number of aliphatic hydroxyl groups excluding tert-OH is 1. The standard InChI is InChI=1S/C18H18N4O3S/c19-26(24,25)11-14-4-2-6-16(8-14)22-18-9-17(20-12-21-18)15-5-1-3-13(7-15)10-23/h1-9,12,23H,10-11H2,(H2,19,24,25)(H,20,21,22). The fraction of sp³-hybridized carbons (Fsp3) is 0.111. The van der Waals surface area contributed by atoms with Crippen LogP contribution in [0.4, 0.5) is 11.5 Å². The summed E-state index contributed by atoms with van der Waals surface area (Å²) in [6, 6.07) is 16.2. The lowest BCUT2D eigenvalue weighted by Gasteiger charge is -2.09. The molecule has 0 atom stereocenters. The molecule has 0 aliphatic heterocycles. The first-order valence-corrected chi connectivity index (χ1v) is 9.53. The van der Waals surface area contributed by atoms with Gasteiger partial charge in [0.1, 0.15) is 12.1 Å². The molecule has 1 heterocycles. The van der Waals surface area contributed by atoms with Gasteiger partial charge >= 0.3 is 0 Å². The Morgan fingerprint density at radius 3 is 2.54 bits per heavy atom. The number of rotatable bonds is 6. The molecule has 0 fully saturated rings. The quantitative estimate of drug-likeness (QED) is 0.612. The zero-order valence-corrected chi connectivity index (χ0v) is 14.6. The first-order chi connectivity index (χ1) is 12.4. The van der Waals surface area contributed by atoms with Crippen molar-refractivity contribution in [2.24, 2.45) is 5.14 Å². The number of aromatic nitrogens is 2. The van der Waals surface area contributed by atoms with Gasteiger partial charge in [-0.3, -0.25) is 0 Å². The molecule has 7 nitrogen and oxygen atoms in total. The van der Waals surface area contributed by atoms with Gasteiger partial charge < -0.3 is 10.4 Å². The van der Waals surface area contributed by atoms with Crippen LogP contribution in [0, 0.1) is 0 Å². The van der Waals surface area contributed by atoms with Gasteiger partial charge in [-0.1, -0.05) is 30.3 Å². The maximum Gasteiger partial charge on any atom is 0.213 e. The average Bonchev–Trinajstić information content (AvgIpc) is 2.61. The summed E-state index contributed by atoms with van der Waals surface area (Å²) in [5.41, 5.74) is 3.65. The number of primary sulfonamides is 1. The second-order valence-corrected chi connectivity index (χ2v) is 7.39. The molecule has 26 heavy (non-hydrogen) atoms. The summed E-state index contributed by atoms with van der Waals surface area (Å²) in [6.07, 6.45) is 1.44. The van der Waals surface area contributed by atoms with E-state index in [2.05, 4.69) is 15.3 Å². The van der Waals surface area contributed by atoms with Crippen LogP contribution in [0.5, 0.6) is 0 Å². The van der Waals surface area contributed by atoms with Crippen LogP contribution >= 0.6 is 0 Å². The maximum atomic E-state index is 11.2. The fourth-order valence-electron chi connectivity index (χ4n) is 2.53. The molecule has 0 saturated heterocycles. The molecule has 0 unspecified atom stereocenters. The summed E-state index contributed by atoms with van der Waals surface area (Å²) in [7, 11) is -3.59. The number of hydrogen-bond acceptors (Lipinski definition) is 6. The van der Waals surface area contributed by atoms with Gasteiger partial charge in [-0.15, -0.1) is 0 Å². The lowest BCUT2D eigenvalue weighted by Crippen LogP contribution is -2.14. The number of benzene rings is 2. The largest absolute Gasteiger partial charge is 0.392 e. The third kappa shape index (κ3) is 4.85. The second-order valence-electron chi connectivity index (χ2n) is 5.78. The normalized spacial score (nSPS) is 11.3. The van der Waals surface area contributed by atoms with Crippen LogP contribution in [0.25, 0.3) is 11.3 Å². The third-order valence-corrected chi connectivity index (χ3v) is 4.38. The summed E-state index contributed by atoms with van der Waals surface area (Å²) in [6.45, 7) is -0.0408. The van der Waals surface area contributed by atoms with Crippen LogP contribution in [0.15, 0.2) is 60.9 Å². The fourth-order valence-corrected chi connectivity index (χ4v) is 3.18. The Morgan fingerprint density at radius 1 is 1.00 bits per heavy atom. The number of hydrogen-bond donors (Lipinski definition) is 3. The zero-order valence-electron chi connectivity index (χ0n) is 13.8. The molecule has 0 aliphatic rings. The Morgan fingerprint density at radius 2 is 1.77 bits per heavy atom. The van der Waals surface area contributed by atoms with E-state index in [9.17, 15) is 13.5 Å². The Balaban J connectivity index is 1.84. The van der Waals surface area contributed by atoms with E-state index >= 15 is 0 Å². The third-order valence-electron chi connectivity index (χ3n) is 3.64. The van der Waals surface area contributed by atoms with E-state index in [0.717, 1.165) is 11.1 Å². The van der Waals surface area contributed by atoms with Crippen molar-refractivity contribution >= 4 is 21.5 Å². The van der Waals surface area contributed by atoms with Gasteiger partial charge in [0.05, 0.1) is 18.1 Å². The van der Waals surface area contributed by atoms with Gasteiger partial charge in [0.25, 0.3) is 0 Å². The number of aliphatic hydroxyl groups is 1. The Hall–Kier alpha value is -2.81. The van der Waals surface area contributed by atoms with Crippen molar-refractivity contribution in [2.45, 2.75) is 12.4 Å². The molecule has 3 aromatic rings. The predicted molar refractivity (Wildman–Crippen MR) is 99.9 cm³/mol. The molecule has 134 valence electrons. The molecule has 8 heteroatoms. The van der Waals surface area contributed by atoms with Gasteiger partial charge in [0, 0.05) is 17.3 Å². The maximum absolute atomic E-state index is 11.2. The number of nitrogens with zero attached hydrogens (tertiary/aromatic N) is 2. The molecule has 0 radical (unpaired) electrons. The van der Waals surface area contributed by atoms with E-state index in [1.54, 1.807) is 30.3 Å². The van der Waals surface area contributed by atoms with E-state index in [1.165, 1.54) is 6.33 Å². The lowest BCUT2D eigenvalue weighted by atomic mass is 10.1. The Kier molecular flexibility index (Phi) is 5.27. The number of sulfonamides is 1. The van der Waals surface area contributed by atoms with Crippen molar-refractivity contribution in [3.63, 3.8) is 0 Å². The van der Waals surface area contributed by atoms with Crippen LogP contribution in [0.3, 0.4) is 0 Å². The minimum atomic E-state index is -3.59. The highest BCUT2D eigenvalue weighted by Gasteiger charge is 2.07. The van der Waals surface area contributed by atoms with E-state index in [-0.39, 0.29) is 12.4 Å². The molecule has 2 aromatic carbocycles. The Bertz CT molecular complexity index is 1020. The topological polar surface area (TPSA) is 118 Å². The molecule has 4 N–H and O–H groups in total. The van der Waals surface area contributed by atoms with Gasteiger partial charge in [-0.2, -0.15) is 0 Å². The monoisotopic (exact) mass is 370 g/mol. The summed E-state index contributed by atoms with van der Waals surface area (Å²) < 4.78 is 22.5. The minimum Gasteiger partial charge on any atom is -0.392 e. The molecule has 0 amide bonds. The van der Waals surface area contributed by atoms with E-state index < -0.39 is 10.0 Å². The minimum absolute atomic E-state index is 0.0408. The SMILES string of the molecule is NS(=O)(=O)Cc1cccc(Nc2cc(-c3cccc(CO)c3)ncn2)c1. The second kappa shape index (κ2) is 7.61. The van der Waals surface area contributed by atoms with E-state index in [1.807, 2.05) is 24.3 Å². The first kappa shape index (κ1) is 18.0. The van der Waals surface area contributed by atoms with Gasteiger partial charge in [0.2, 0.25) is 10.0 Å². The molecule has 0 bridgehead atoms. The first-order valence-electron chi connectivity index (χ1n) is 7.81. The van der Waals surface area contributed by atoms with Crippen molar-refractivity contribution in [3.8, 4) is 11.3 Å². The van der Waals surface area contributed by atoms with Crippen LogP contribution in [-0.2, 0) is 22.4 Å². The highest BCUT2D eigenvalue weighted by Crippen LogP contribution is 2.22. The lowest BCUT2D eigenvalue weighted by molar-refractivity contribution is 0.282. The van der Waals surface area contributed by atoms with Crippen LogP contribution < -0.4 is 10.5 Å². The predicted octanol–water partition coefficient (Wildman–Crippen LogP) is 2.17. The average molecular weight is 370 g/mol. The smallest absolute Gasteiger partial charge is 0.213 e. The zero-order chi connectivity index (χ0) is 18.6. The van der Waals surface area contributed by atoms with Crippen molar-refractivity contribution in [3.05, 3.63) is 72.1 Å². The van der Waals surface area contributed by atoms with Crippen molar-refractivity contribution < 1.29 is 13.5 Å². The number of nitrogens with two attached hydrogens (primary N) is 1. The summed E-state index contributed by atoms with van der Waals surface area (Å²) in [5.74, 6) is 0.336. The summed E-state index contributed by atoms with van der Waals surface area (Å²) >= 11 is 0. The van der Waals surface area contributed by atoms with Crippen LogP contribution in [0.1, 0.15) is 11.1 Å². The van der Waals surface area contributed by atoms with Crippen LogP contribution in [0.2, 0.25) is 0 Å². The molecule has 0 aliphatic carbocycles. The molecule has 0 saturated carbocycles. The summed E-state index contributed by atoms with van der Waals surface area (Å²) in [5, 5.41) is 17.5. The number of anilines is 2. The van der Waals surface area contributed by atoms with Crippen molar-refractivity contribution in [1.82, 2.24) is 9.97 Å². The van der Waals surface area contributed by atoms with Crippen molar-refractivity contribution in [2.75, 3.05) is 5.32 Å². The van der Waals surface area contributed by atoms with E-state index in [0.29, 0.717) is 22.8 Å². The molecular weight excluding hydrogens is 352 g/mol. The van der Waals surface area contributed by atoms with Gasteiger partial charge in [0.15, 0.2) is 0 Å². The number of nitrogens with one attached hydrogen (secondary N) is 1.